The molecule has 4 aliphatic carbocycles. The molecule has 0 spiro atoms. The molecule has 4 fully saturated rings. The van der Waals surface area contributed by atoms with Crippen LogP contribution < -0.4 is 33.4 Å². The molecule has 0 radical (unpaired) electrons. The summed E-state index contributed by atoms with van der Waals surface area (Å²) in [4.78, 5) is 2.35. The van der Waals surface area contributed by atoms with E-state index in [1.165, 1.54) is 55.6 Å². The smallest absolute Gasteiger partial charge is 0.171 e. The van der Waals surface area contributed by atoms with Gasteiger partial charge in [-0.25, -0.2) is 0 Å². The van der Waals surface area contributed by atoms with Gasteiger partial charge in [0.15, 0.2) is 17.9 Å². The topological polar surface area (TPSA) is 7.12 Å². The lowest BCUT2D eigenvalue weighted by atomic mass is 9.53. The molecule has 2 nitrogen and oxygen atoms in total. The Kier molecular flexibility index (Phi) is 5.34. The second kappa shape index (κ2) is 7.99. The van der Waals surface area contributed by atoms with Gasteiger partial charge >= 0.3 is 0 Å². The highest BCUT2D eigenvalue weighted by molar-refractivity contribution is 5.75. The fourth-order valence-corrected chi connectivity index (χ4v) is 6.87. The third-order valence-electron chi connectivity index (χ3n) is 7.65. The molecule has 0 amide bonds. The lowest BCUT2D eigenvalue weighted by molar-refractivity contribution is -0.776. The maximum absolute atomic E-state index is 2.58. The Hall–Kier alpha value is -1.88. The zero-order valence-electron chi connectivity index (χ0n) is 17.3. The number of rotatable bonds is 4. The fraction of sp³-hybridized carbons (Fsp3) is 0.370. The van der Waals surface area contributed by atoms with E-state index in [0.29, 0.717) is 5.54 Å². The van der Waals surface area contributed by atoms with Crippen molar-refractivity contribution < 1.29 is 28.5 Å². The Morgan fingerprint density at radius 3 is 1.43 bits per heavy atom. The highest BCUT2D eigenvalue weighted by atomic mass is 127. The minimum Gasteiger partial charge on any atom is -1.00 e. The van der Waals surface area contributed by atoms with Crippen molar-refractivity contribution in [2.45, 2.75) is 44.1 Å². The van der Waals surface area contributed by atoms with Crippen LogP contribution in [-0.4, -0.2) is 0 Å². The molecular weight excluding hydrogens is 479 g/mol. The molecule has 30 heavy (non-hydrogen) atoms. The molecule has 0 saturated heterocycles. The van der Waals surface area contributed by atoms with Crippen LogP contribution in [0, 0.1) is 17.8 Å². The van der Waals surface area contributed by atoms with Crippen LogP contribution in [0.5, 0.6) is 0 Å². The van der Waals surface area contributed by atoms with E-state index in [-0.39, 0.29) is 24.0 Å². The van der Waals surface area contributed by atoms with Crippen molar-refractivity contribution in [1.82, 2.24) is 0 Å². The lowest BCUT2D eigenvalue weighted by Gasteiger charge is -2.53. The quantitative estimate of drug-likeness (QED) is 0.388. The highest BCUT2D eigenvalue weighted by Crippen LogP contribution is 2.56. The summed E-state index contributed by atoms with van der Waals surface area (Å²) in [7, 11) is 0. The second-order valence-corrected chi connectivity index (χ2v) is 9.61. The first kappa shape index (κ1) is 20.0. The first-order valence-electron chi connectivity index (χ1n) is 11.2. The molecule has 4 bridgehead atoms. The third-order valence-corrected chi connectivity index (χ3v) is 7.65. The number of halogens is 1. The maximum Gasteiger partial charge on any atom is 0.171 e. The number of para-hydroxylation sites is 2. The van der Waals surface area contributed by atoms with Crippen LogP contribution in [0.1, 0.15) is 38.5 Å². The van der Waals surface area contributed by atoms with Crippen molar-refractivity contribution in [3.05, 3.63) is 85.2 Å². The fourth-order valence-electron chi connectivity index (χ4n) is 6.87. The lowest BCUT2D eigenvalue weighted by Crippen LogP contribution is -3.00. The number of hydrogen-bond donors (Lipinski definition) is 0. The summed E-state index contributed by atoms with van der Waals surface area (Å²) in [5, 5.41) is 0. The summed E-state index contributed by atoms with van der Waals surface area (Å²) in [6.45, 7) is 0. The molecule has 3 heteroatoms. The molecule has 0 aliphatic heterocycles. The van der Waals surface area contributed by atoms with Crippen molar-refractivity contribution in [2.24, 2.45) is 17.8 Å². The van der Waals surface area contributed by atoms with E-state index < -0.39 is 0 Å². The molecule has 7 rings (SSSR count). The van der Waals surface area contributed by atoms with Crippen LogP contribution in [0.25, 0.3) is 0 Å². The van der Waals surface area contributed by atoms with E-state index in [1.807, 2.05) is 0 Å². The molecule has 1 heterocycles. The first-order chi connectivity index (χ1) is 14.3. The molecule has 0 N–H and O–H groups in total. The van der Waals surface area contributed by atoms with Gasteiger partial charge in [-0.2, -0.15) is 4.57 Å². The number of anilines is 3. The molecule has 1 aromatic heterocycles. The minimum absolute atomic E-state index is 0. The zero-order valence-corrected chi connectivity index (χ0v) is 19.5. The Balaban J connectivity index is 0.00000193. The average Bonchev–Trinajstić information content (AvgIpc) is 2.75. The predicted molar refractivity (Wildman–Crippen MR) is 117 cm³/mol. The van der Waals surface area contributed by atoms with E-state index in [0.717, 1.165) is 17.8 Å². The first-order valence-corrected chi connectivity index (χ1v) is 11.2. The van der Waals surface area contributed by atoms with Crippen LogP contribution in [0.3, 0.4) is 0 Å². The Morgan fingerprint density at radius 1 is 0.600 bits per heavy atom. The van der Waals surface area contributed by atoms with Crippen molar-refractivity contribution >= 4 is 17.1 Å². The number of pyridine rings is 1. The van der Waals surface area contributed by atoms with Gasteiger partial charge in [0.25, 0.3) is 0 Å². The minimum atomic E-state index is 0. The van der Waals surface area contributed by atoms with Gasteiger partial charge in [-0.05, 0) is 61.3 Å². The van der Waals surface area contributed by atoms with E-state index in [4.69, 9.17) is 0 Å². The molecule has 3 aromatic rings. The van der Waals surface area contributed by atoms with Gasteiger partial charge in [-0.1, -0.05) is 36.4 Å². The average molecular weight is 508 g/mol. The van der Waals surface area contributed by atoms with E-state index >= 15 is 0 Å². The molecule has 0 unspecified atom stereocenters. The standard InChI is InChI=1S/C27H29N2.HI/c1-3-7-24(8-4-1)29(25-9-5-2-6-10-25)26-11-13-28(14-12-26)27-18-21-15-22(19-27)17-23(16-21)20-27;/h1-14,21-23H,15-20H2;1H/q+1;/p-1. The zero-order chi connectivity index (χ0) is 19.3. The molecule has 2 aromatic carbocycles. The van der Waals surface area contributed by atoms with Crippen molar-refractivity contribution in [3.8, 4) is 0 Å². The summed E-state index contributed by atoms with van der Waals surface area (Å²) < 4.78 is 2.58. The molecule has 4 aliphatic rings. The summed E-state index contributed by atoms with van der Waals surface area (Å²) in [6.07, 6.45) is 13.4. The molecular formula is C27H29IN2. The number of nitrogens with zero attached hydrogens (tertiary/aromatic N) is 2. The number of aromatic nitrogens is 1. The van der Waals surface area contributed by atoms with Crippen LogP contribution >= 0.6 is 0 Å². The summed E-state index contributed by atoms with van der Waals surface area (Å²) in [6, 6.07) is 26.0. The van der Waals surface area contributed by atoms with Crippen LogP contribution in [0.2, 0.25) is 0 Å². The summed E-state index contributed by atoms with van der Waals surface area (Å²) in [5.41, 5.74) is 4.01. The Morgan fingerprint density at radius 2 is 1.00 bits per heavy atom. The summed E-state index contributed by atoms with van der Waals surface area (Å²) >= 11 is 0. The third kappa shape index (κ3) is 3.45. The van der Waals surface area contributed by atoms with E-state index in [2.05, 4.69) is 94.7 Å². The molecule has 4 saturated carbocycles. The number of benzene rings is 2. The van der Waals surface area contributed by atoms with Gasteiger partial charge in [0.2, 0.25) is 0 Å². The Labute approximate surface area is 197 Å². The Bertz CT molecular complexity index is 910. The normalized spacial score (nSPS) is 28.7. The van der Waals surface area contributed by atoms with Gasteiger partial charge in [0.1, 0.15) is 0 Å². The van der Waals surface area contributed by atoms with Gasteiger partial charge in [-0.15, -0.1) is 0 Å². The number of hydrogen-bond acceptors (Lipinski definition) is 1. The van der Waals surface area contributed by atoms with Gasteiger partial charge < -0.3 is 28.9 Å². The van der Waals surface area contributed by atoms with Crippen LogP contribution in [0.4, 0.5) is 17.1 Å². The predicted octanol–water partition coefficient (Wildman–Crippen LogP) is 3.37. The maximum atomic E-state index is 2.58. The molecule has 154 valence electrons. The van der Waals surface area contributed by atoms with E-state index in [1.54, 1.807) is 0 Å². The largest absolute Gasteiger partial charge is 1.00 e. The van der Waals surface area contributed by atoms with Gasteiger partial charge in [-0.3, -0.25) is 0 Å². The summed E-state index contributed by atoms with van der Waals surface area (Å²) in [5.74, 6) is 2.91. The SMILES string of the molecule is [I-].c1ccc(N(c2ccccc2)c2cc[n+](C34CC5CC(CC(C5)C3)C4)cc2)cc1. The second-order valence-electron chi connectivity index (χ2n) is 9.61. The van der Waals surface area contributed by atoms with E-state index in [9.17, 15) is 0 Å². The van der Waals surface area contributed by atoms with Crippen LogP contribution in [0.15, 0.2) is 85.2 Å². The monoisotopic (exact) mass is 508 g/mol. The van der Waals surface area contributed by atoms with Crippen molar-refractivity contribution in [3.63, 3.8) is 0 Å². The molecule has 0 atom stereocenters. The van der Waals surface area contributed by atoms with Gasteiger partial charge in [0, 0.05) is 42.8 Å². The van der Waals surface area contributed by atoms with Crippen molar-refractivity contribution in [1.29, 1.82) is 0 Å². The van der Waals surface area contributed by atoms with Crippen molar-refractivity contribution in [2.75, 3.05) is 4.90 Å². The highest BCUT2D eigenvalue weighted by Gasteiger charge is 2.56. The van der Waals surface area contributed by atoms with Gasteiger partial charge in [0.05, 0.1) is 5.69 Å². The van der Waals surface area contributed by atoms with Crippen LogP contribution in [-0.2, 0) is 5.54 Å².